The van der Waals surface area contributed by atoms with E-state index in [-0.39, 0.29) is 24.8 Å². The van der Waals surface area contributed by atoms with Crippen LogP contribution in [0.3, 0.4) is 0 Å². The molecule has 0 spiro atoms. The van der Waals surface area contributed by atoms with Crippen molar-refractivity contribution in [1.82, 2.24) is 0 Å². The van der Waals surface area contributed by atoms with Gasteiger partial charge in [0.15, 0.2) is 0 Å². The van der Waals surface area contributed by atoms with E-state index in [1.807, 2.05) is 12.1 Å². The van der Waals surface area contributed by atoms with Crippen molar-refractivity contribution in [3.05, 3.63) is 215 Å². The molecule has 0 saturated heterocycles. The van der Waals surface area contributed by atoms with Crippen LogP contribution in [0.15, 0.2) is 176 Å². The molecule has 0 aliphatic heterocycles. The molecule has 1 aliphatic carbocycles. The summed E-state index contributed by atoms with van der Waals surface area (Å²) in [7, 11) is 0. The quantitative estimate of drug-likeness (QED) is 0.214. The van der Waals surface area contributed by atoms with Gasteiger partial charge in [0.05, 0.1) is 0 Å². The first-order chi connectivity index (χ1) is 22.5. The van der Waals surface area contributed by atoms with Gasteiger partial charge in [-0.2, -0.15) is 17.7 Å². The van der Waals surface area contributed by atoms with Crippen molar-refractivity contribution in [1.29, 1.82) is 0 Å². The first-order valence-electron chi connectivity index (χ1n) is 15.7. The van der Waals surface area contributed by atoms with Crippen molar-refractivity contribution in [2.45, 2.75) is 19.8 Å². The second kappa shape index (κ2) is 18.0. The zero-order chi connectivity index (χ0) is 31.7. The van der Waals surface area contributed by atoms with Gasteiger partial charge < -0.3 is 24.8 Å². The summed E-state index contributed by atoms with van der Waals surface area (Å²) >= 11 is 1.46. The Morgan fingerprint density at radius 2 is 1.00 bits per heavy atom. The molecule has 7 aromatic carbocycles. The van der Waals surface area contributed by atoms with Gasteiger partial charge in [-0.25, -0.2) is 0 Å². The van der Waals surface area contributed by atoms with Crippen LogP contribution in [-0.2, 0) is 24.2 Å². The van der Waals surface area contributed by atoms with Crippen LogP contribution in [-0.4, -0.2) is 3.21 Å². The number of rotatable bonds is 4. The second-order valence-corrected chi connectivity index (χ2v) is 12.8. The molecule has 0 saturated carbocycles. The molecule has 8 rings (SSSR count). The molecule has 0 nitrogen and oxygen atoms in total. The maximum atomic E-state index is 3.53. The van der Waals surface area contributed by atoms with Gasteiger partial charge in [-0.1, -0.05) is 89.5 Å². The standard InChI is InChI=1S/C17H13.C15H13.C13H10.2ClH.Zr/c1-3-7-14(8-4-1)16-11-12-17(13-16)15-9-5-2-6-10-15;1-10-3-5-14-12(7-10)9-13-8-11(2)4-6-15(13)14;1-3-7-12(8-4-1)11-13-9-5-2-6-10-13;;;/h1-12,16H;3-9H,1-2H3;1-10H;2*1H;/q2*-1;;;;+2/p-2. The van der Waals surface area contributed by atoms with Gasteiger partial charge in [0.25, 0.3) is 0 Å². The Kier molecular flexibility index (Phi) is 13.8. The van der Waals surface area contributed by atoms with E-state index in [1.54, 1.807) is 0 Å². The average molecular weight is 739 g/mol. The molecule has 3 heteroatoms. The molecule has 0 radical (unpaired) electrons. The number of benzene rings is 6. The van der Waals surface area contributed by atoms with E-state index in [1.165, 1.54) is 87.9 Å². The summed E-state index contributed by atoms with van der Waals surface area (Å²) < 4.78 is 1.42. The minimum atomic E-state index is 0. The molecule has 0 amide bonds. The third-order valence-corrected chi connectivity index (χ3v) is 9.57. The molecule has 1 atom stereocenters. The van der Waals surface area contributed by atoms with Gasteiger partial charge in [0.2, 0.25) is 0 Å². The van der Waals surface area contributed by atoms with Crippen molar-refractivity contribution < 1.29 is 49.0 Å². The van der Waals surface area contributed by atoms with Crippen LogP contribution in [0.5, 0.6) is 0 Å². The monoisotopic (exact) mass is 736 g/mol. The summed E-state index contributed by atoms with van der Waals surface area (Å²) in [5, 5.41) is 5.46. The van der Waals surface area contributed by atoms with E-state index in [2.05, 4.69) is 184 Å². The number of aryl methyl sites for hydroxylation is 2. The third-order valence-electron chi connectivity index (χ3n) is 8.15. The van der Waals surface area contributed by atoms with Crippen molar-refractivity contribution in [2.75, 3.05) is 0 Å². The fraction of sp³-hybridized carbons (Fsp3) is 0.0667. The van der Waals surface area contributed by atoms with E-state index in [9.17, 15) is 0 Å². The van der Waals surface area contributed by atoms with Crippen LogP contribution in [0.1, 0.15) is 39.3 Å². The number of hydrogen-bond acceptors (Lipinski definition) is 0. The van der Waals surface area contributed by atoms with Gasteiger partial charge >= 0.3 is 99.2 Å². The topological polar surface area (TPSA) is 0 Å². The summed E-state index contributed by atoms with van der Waals surface area (Å²) in [6, 6.07) is 57.6. The summed E-state index contributed by atoms with van der Waals surface area (Å²) in [5.41, 5.74) is 9.05. The van der Waals surface area contributed by atoms with Crippen LogP contribution in [0.25, 0.3) is 27.1 Å². The summed E-state index contributed by atoms with van der Waals surface area (Å²) in [5.74, 6) is 0.298. The Balaban J connectivity index is 0.000000160. The second-order valence-electron chi connectivity index (χ2n) is 11.6. The van der Waals surface area contributed by atoms with Crippen molar-refractivity contribution >= 4 is 30.3 Å². The van der Waals surface area contributed by atoms with Crippen LogP contribution in [0.4, 0.5) is 0 Å². The molecule has 0 heterocycles. The van der Waals surface area contributed by atoms with Crippen LogP contribution in [0, 0.1) is 19.9 Å². The Hall–Kier alpha value is -4.00. The molecule has 0 fully saturated rings. The molecule has 1 unspecified atom stereocenters. The van der Waals surface area contributed by atoms with Crippen LogP contribution >= 0.6 is 0 Å². The third kappa shape index (κ3) is 9.33. The molecule has 0 N–H and O–H groups in total. The van der Waals surface area contributed by atoms with Gasteiger partial charge in [-0.05, 0) is 19.8 Å². The Morgan fingerprint density at radius 1 is 0.562 bits per heavy atom. The molecule has 48 heavy (non-hydrogen) atoms. The van der Waals surface area contributed by atoms with E-state index in [4.69, 9.17) is 0 Å². The zero-order valence-corrected chi connectivity index (χ0v) is 31.0. The van der Waals surface area contributed by atoms with E-state index in [0.717, 1.165) is 0 Å². The summed E-state index contributed by atoms with van der Waals surface area (Å²) in [6.07, 6.45) is 7.89. The Labute approximate surface area is 312 Å². The predicted molar refractivity (Wildman–Crippen MR) is 194 cm³/mol. The van der Waals surface area contributed by atoms with Gasteiger partial charge in [0, 0.05) is 0 Å². The summed E-state index contributed by atoms with van der Waals surface area (Å²) in [4.78, 5) is 0. The van der Waals surface area contributed by atoms with Gasteiger partial charge in [0.1, 0.15) is 0 Å². The van der Waals surface area contributed by atoms with E-state index < -0.39 is 0 Å². The molecular formula is C45H36Cl2Zr-2. The molecular weight excluding hydrogens is 703 g/mol. The van der Waals surface area contributed by atoms with Crippen molar-refractivity contribution in [3.63, 3.8) is 0 Å². The van der Waals surface area contributed by atoms with Gasteiger partial charge in [-0.3, -0.25) is 0 Å². The summed E-state index contributed by atoms with van der Waals surface area (Å²) in [6.45, 7) is 4.28. The molecule has 0 bridgehead atoms. The van der Waals surface area contributed by atoms with Crippen molar-refractivity contribution in [3.8, 4) is 0 Å². The number of hydrogen-bond donors (Lipinski definition) is 0. The normalized spacial score (nSPS) is 12.8. The van der Waals surface area contributed by atoms with Crippen molar-refractivity contribution in [2.24, 2.45) is 0 Å². The number of fused-ring (bicyclic) bond motifs is 3. The fourth-order valence-electron chi connectivity index (χ4n) is 5.75. The number of allylic oxidation sites excluding steroid dienone is 4. The Bertz CT molecular complexity index is 2010. The molecule has 1 aliphatic rings. The molecule has 236 valence electrons. The number of halogens is 2. The maximum absolute atomic E-state index is 3.53. The Morgan fingerprint density at radius 3 is 1.48 bits per heavy atom. The fourth-order valence-corrected chi connectivity index (χ4v) is 6.57. The van der Waals surface area contributed by atoms with Crippen LogP contribution < -0.4 is 24.8 Å². The van der Waals surface area contributed by atoms with E-state index in [0.29, 0.717) is 5.92 Å². The first kappa shape index (κ1) is 36.8. The average Bonchev–Trinajstić information content (AvgIpc) is 3.75. The molecule has 0 aromatic heterocycles. The minimum absolute atomic E-state index is 0. The predicted octanol–water partition coefficient (Wildman–Crippen LogP) is 5.37. The van der Waals surface area contributed by atoms with Gasteiger partial charge in [-0.15, -0.1) is 63.5 Å². The first-order valence-corrected chi connectivity index (χ1v) is 17.0. The van der Waals surface area contributed by atoms with Crippen LogP contribution in [0.2, 0.25) is 0 Å². The SMILES string of the molecule is Cc1ccc2c(c1)[cH-]c1cc(C)ccc12.[C-]1=C(c2ccccc2)C=CC1c1ccccc1.[Cl-].[Cl-].[Zr+2]=[C](c1ccccc1)c1ccccc1. The zero-order valence-electron chi connectivity index (χ0n) is 27.1. The molecule has 7 aromatic rings. The van der Waals surface area contributed by atoms with E-state index >= 15 is 0 Å².